The first-order valence-electron chi connectivity index (χ1n) is 22.4. The Bertz CT molecular complexity index is 858. The van der Waals surface area contributed by atoms with Crippen molar-refractivity contribution in [2.45, 2.75) is 233 Å². The van der Waals surface area contributed by atoms with E-state index in [2.05, 4.69) is 20.8 Å². The summed E-state index contributed by atoms with van der Waals surface area (Å²) in [5.74, 6) is 0.283. The van der Waals surface area contributed by atoms with Crippen molar-refractivity contribution in [2.75, 3.05) is 19.8 Å². The average Bonchev–Trinajstić information content (AvgIpc) is 3.13. The molecule has 0 aliphatic heterocycles. The maximum Gasteiger partial charge on any atom is 1.00 e. The number of unbranched alkanes of at least 4 members (excludes halogenated alkanes) is 30. The summed E-state index contributed by atoms with van der Waals surface area (Å²) in [4.78, 5) is 12.0. The van der Waals surface area contributed by atoms with Crippen LogP contribution in [-0.4, -0.2) is 25.8 Å². The minimum atomic E-state index is -1.22. The maximum atomic E-state index is 12.0. The van der Waals surface area contributed by atoms with Crippen LogP contribution in [-0.2, 0) is 0 Å². The Hall–Kier alpha value is -0.274. The summed E-state index contributed by atoms with van der Waals surface area (Å²) in [7, 11) is 0. The van der Waals surface area contributed by atoms with Crippen LogP contribution in [0.15, 0.2) is 12.1 Å². The number of ether oxygens (including phenoxy) is 3. The van der Waals surface area contributed by atoms with Gasteiger partial charge in [0.15, 0.2) is 11.5 Å². The Balaban J connectivity index is 0.0000260. The number of hydrogen-bond acceptors (Lipinski definition) is 5. The van der Waals surface area contributed by atoms with E-state index in [0.29, 0.717) is 37.1 Å². The molecule has 0 radical (unpaired) electrons. The van der Waals surface area contributed by atoms with Gasteiger partial charge < -0.3 is 24.1 Å². The largest absolute Gasteiger partial charge is 1.00 e. The zero-order valence-electron chi connectivity index (χ0n) is 35.2. The van der Waals surface area contributed by atoms with Crippen LogP contribution in [0.5, 0.6) is 17.2 Å². The Morgan fingerprint density at radius 1 is 0.404 bits per heavy atom. The SMILES string of the molecule is CCCCCCCCCCCCCOc1cc(C(=O)[O-])cc(OCCCCCCCCCCCCC)c1OCCCCCCCCCCCCC.[K+]. The molecule has 6 heteroatoms. The fraction of sp³-hybridized carbons (Fsp3) is 0.848. The fourth-order valence-corrected chi connectivity index (χ4v) is 6.89. The Morgan fingerprint density at radius 3 is 0.885 bits per heavy atom. The molecule has 0 fully saturated rings. The maximum absolute atomic E-state index is 12.0. The summed E-state index contributed by atoms with van der Waals surface area (Å²) in [6.45, 7) is 8.47. The molecule has 0 N–H and O–H groups in total. The molecular weight excluding hydrogens is 672 g/mol. The molecule has 1 aromatic rings. The third-order valence-corrected chi connectivity index (χ3v) is 10.3. The van der Waals surface area contributed by atoms with E-state index in [-0.39, 0.29) is 56.9 Å². The molecule has 0 aromatic heterocycles. The van der Waals surface area contributed by atoms with Gasteiger partial charge in [0.1, 0.15) is 0 Å². The Morgan fingerprint density at radius 2 is 0.635 bits per heavy atom. The van der Waals surface area contributed by atoms with Gasteiger partial charge in [-0.25, -0.2) is 0 Å². The van der Waals surface area contributed by atoms with E-state index in [9.17, 15) is 9.90 Å². The smallest absolute Gasteiger partial charge is 0.545 e. The molecule has 52 heavy (non-hydrogen) atoms. The van der Waals surface area contributed by atoms with Crippen LogP contribution < -0.4 is 70.7 Å². The van der Waals surface area contributed by atoms with E-state index in [4.69, 9.17) is 14.2 Å². The zero-order valence-corrected chi connectivity index (χ0v) is 38.3. The van der Waals surface area contributed by atoms with E-state index < -0.39 is 5.97 Å². The van der Waals surface area contributed by atoms with Crippen molar-refractivity contribution in [2.24, 2.45) is 0 Å². The van der Waals surface area contributed by atoms with E-state index in [1.165, 1.54) is 173 Å². The molecule has 0 aliphatic rings. The number of aromatic carboxylic acids is 1. The predicted octanol–water partition coefficient (Wildman–Crippen LogP) is 11.1. The minimum absolute atomic E-state index is 0. The van der Waals surface area contributed by atoms with Crippen LogP contribution in [0.4, 0.5) is 0 Å². The second-order valence-corrected chi connectivity index (χ2v) is 15.2. The number of rotatable bonds is 40. The monoisotopic (exact) mass is 755 g/mol. The second-order valence-electron chi connectivity index (χ2n) is 15.2. The van der Waals surface area contributed by atoms with Crippen molar-refractivity contribution in [1.82, 2.24) is 0 Å². The topological polar surface area (TPSA) is 67.8 Å². The number of carbonyl (C=O) groups excluding carboxylic acids is 1. The summed E-state index contributed by atoms with van der Waals surface area (Å²) in [6.07, 6.45) is 42.1. The molecule has 0 unspecified atom stereocenters. The van der Waals surface area contributed by atoms with Crippen molar-refractivity contribution in [3.05, 3.63) is 17.7 Å². The van der Waals surface area contributed by atoms with Crippen molar-refractivity contribution in [3.8, 4) is 17.2 Å². The average molecular weight is 755 g/mol. The third-order valence-electron chi connectivity index (χ3n) is 10.3. The van der Waals surface area contributed by atoms with Crippen LogP contribution in [0.25, 0.3) is 0 Å². The standard InChI is InChI=1S/C46H84O5.K/c1-4-7-10-13-16-19-22-25-28-31-34-37-49-43-40-42(46(47)48)41-44(50-38-35-32-29-26-23-20-17-14-11-8-5-2)45(43)51-39-36-33-30-27-24-21-18-15-12-9-6-3;/h40-41H,4-39H2,1-3H3,(H,47,48);/q;+1/p-1. The molecule has 0 aliphatic carbocycles. The number of benzene rings is 1. The third kappa shape index (κ3) is 31.0. The van der Waals surface area contributed by atoms with Gasteiger partial charge in [-0.05, 0) is 31.4 Å². The first-order valence-corrected chi connectivity index (χ1v) is 22.4. The molecule has 298 valence electrons. The second kappa shape index (κ2) is 40.4. The van der Waals surface area contributed by atoms with Crippen molar-refractivity contribution < 1.29 is 75.5 Å². The van der Waals surface area contributed by atoms with Crippen molar-refractivity contribution >= 4 is 5.97 Å². The van der Waals surface area contributed by atoms with E-state index >= 15 is 0 Å². The number of hydrogen-bond donors (Lipinski definition) is 0. The molecule has 5 nitrogen and oxygen atoms in total. The van der Waals surface area contributed by atoms with Gasteiger partial charge in [0, 0.05) is 5.56 Å². The Kier molecular flexibility index (Phi) is 40.2. The summed E-state index contributed by atoms with van der Waals surface area (Å²) < 4.78 is 18.8. The molecule has 1 aromatic carbocycles. The van der Waals surface area contributed by atoms with Crippen LogP contribution in [0.1, 0.15) is 243 Å². The molecular formula is C46H83KO5. The Labute approximate surface area is 365 Å². The van der Waals surface area contributed by atoms with Gasteiger partial charge in [-0.3, -0.25) is 0 Å². The van der Waals surface area contributed by atoms with E-state index in [0.717, 1.165) is 38.5 Å². The molecule has 0 saturated carbocycles. The van der Waals surface area contributed by atoms with Crippen LogP contribution in [0.2, 0.25) is 0 Å². The summed E-state index contributed by atoms with van der Waals surface area (Å²) >= 11 is 0. The van der Waals surface area contributed by atoms with Gasteiger partial charge in [0.2, 0.25) is 5.75 Å². The van der Waals surface area contributed by atoms with Crippen LogP contribution >= 0.6 is 0 Å². The van der Waals surface area contributed by atoms with Gasteiger partial charge >= 0.3 is 51.4 Å². The predicted molar refractivity (Wildman–Crippen MR) is 217 cm³/mol. The van der Waals surface area contributed by atoms with Gasteiger partial charge in [-0.2, -0.15) is 0 Å². The van der Waals surface area contributed by atoms with Gasteiger partial charge in [0.05, 0.1) is 25.8 Å². The number of carboxylic acid groups (broad SMARTS) is 1. The quantitative estimate of drug-likeness (QED) is 0.0493. The van der Waals surface area contributed by atoms with Crippen LogP contribution in [0.3, 0.4) is 0 Å². The summed E-state index contributed by atoms with van der Waals surface area (Å²) in [5.41, 5.74) is 0.0833. The summed E-state index contributed by atoms with van der Waals surface area (Å²) in [6, 6.07) is 3.14. The molecule has 0 heterocycles. The first-order chi connectivity index (χ1) is 25.1. The molecule has 1 rings (SSSR count). The van der Waals surface area contributed by atoms with E-state index in [1.54, 1.807) is 12.1 Å². The zero-order chi connectivity index (χ0) is 36.9. The molecule has 0 atom stereocenters. The fourth-order valence-electron chi connectivity index (χ4n) is 6.89. The number of carbonyl (C=O) groups is 1. The first kappa shape index (κ1) is 51.7. The van der Waals surface area contributed by atoms with Crippen molar-refractivity contribution in [1.29, 1.82) is 0 Å². The van der Waals surface area contributed by atoms with Gasteiger partial charge in [0.25, 0.3) is 0 Å². The molecule has 0 spiro atoms. The van der Waals surface area contributed by atoms with Crippen LogP contribution in [0, 0.1) is 0 Å². The summed E-state index contributed by atoms with van der Waals surface area (Å²) in [5, 5.41) is 12.0. The van der Waals surface area contributed by atoms with Crippen molar-refractivity contribution in [3.63, 3.8) is 0 Å². The van der Waals surface area contributed by atoms with E-state index in [1.807, 2.05) is 0 Å². The van der Waals surface area contributed by atoms with Gasteiger partial charge in [-0.1, -0.05) is 213 Å². The minimum Gasteiger partial charge on any atom is -0.545 e. The number of carboxylic acids is 1. The molecule has 0 saturated heterocycles. The molecule has 0 bridgehead atoms. The molecule has 0 amide bonds. The normalized spacial score (nSPS) is 11.1. The van der Waals surface area contributed by atoms with Gasteiger partial charge in [-0.15, -0.1) is 0 Å².